The van der Waals surface area contributed by atoms with Crippen molar-refractivity contribution in [3.8, 4) is 0 Å². The highest BCUT2D eigenvalue weighted by atomic mass is 35.5. The van der Waals surface area contributed by atoms with Gasteiger partial charge in [-0.15, -0.1) is 12.4 Å². The van der Waals surface area contributed by atoms with E-state index in [0.29, 0.717) is 32.2 Å². The molecule has 2 heterocycles. The molecule has 1 fully saturated rings. The van der Waals surface area contributed by atoms with Gasteiger partial charge in [0.15, 0.2) is 0 Å². The lowest BCUT2D eigenvalue weighted by Crippen LogP contribution is -2.61. The number of rotatable bonds is 9. The molecule has 10 nitrogen and oxygen atoms in total. The van der Waals surface area contributed by atoms with E-state index in [1.165, 1.54) is 0 Å². The Kier molecular flexibility index (Phi) is 11.7. The van der Waals surface area contributed by atoms with E-state index >= 15 is 0 Å². The van der Waals surface area contributed by atoms with Crippen LogP contribution in [0.15, 0.2) is 60.8 Å². The molecule has 3 amide bonds. The zero-order chi connectivity index (χ0) is 29.1. The number of aromatic nitrogens is 1. The van der Waals surface area contributed by atoms with Gasteiger partial charge in [0.25, 0.3) is 0 Å². The smallest absolute Gasteiger partial charge is 0.245 e. The molecule has 4 rings (SSSR count). The molecule has 1 aliphatic rings. The van der Waals surface area contributed by atoms with Crippen molar-refractivity contribution < 1.29 is 19.9 Å². The number of nitrogens with zero attached hydrogens (tertiary/aromatic N) is 3. The highest BCUT2D eigenvalue weighted by molar-refractivity contribution is 5.93. The number of aromatic amines is 1. The summed E-state index contributed by atoms with van der Waals surface area (Å²) in [5, 5.41) is 7.32. The fourth-order valence-electron chi connectivity index (χ4n) is 5.51. The maximum Gasteiger partial charge on any atom is 0.245 e. The van der Waals surface area contributed by atoms with Gasteiger partial charge in [-0.1, -0.05) is 48.5 Å². The third-order valence-electron chi connectivity index (χ3n) is 7.91. The minimum atomic E-state index is -1.15. The van der Waals surface area contributed by atoms with E-state index in [0.717, 1.165) is 22.0 Å². The van der Waals surface area contributed by atoms with Crippen LogP contribution in [0.25, 0.3) is 10.9 Å². The van der Waals surface area contributed by atoms with Crippen LogP contribution in [0.4, 0.5) is 0 Å². The molecule has 3 aromatic rings. The molecule has 2 atom stereocenters. The Bertz CT molecular complexity index is 1360. The van der Waals surface area contributed by atoms with Crippen LogP contribution in [-0.4, -0.2) is 88.9 Å². The predicted octanol–water partition coefficient (Wildman–Crippen LogP) is 2.32. The molecule has 2 aromatic carbocycles. The number of para-hydroxylation sites is 1. The summed E-state index contributed by atoms with van der Waals surface area (Å²) in [5.41, 5.74) is 7.10. The minimum Gasteiger partial charge on any atom is -0.412 e. The van der Waals surface area contributed by atoms with Gasteiger partial charge in [0.1, 0.15) is 6.04 Å². The average molecular weight is 601 g/mol. The molecule has 0 bridgehead atoms. The number of nitrogens with two attached hydrogens (primary N) is 1. The third-order valence-corrected chi connectivity index (χ3v) is 7.91. The second kappa shape index (κ2) is 14.2. The second-order valence-electron chi connectivity index (χ2n) is 11.8. The highest BCUT2D eigenvalue weighted by Crippen LogP contribution is 2.36. The van der Waals surface area contributed by atoms with Crippen LogP contribution < -0.4 is 11.1 Å². The van der Waals surface area contributed by atoms with Gasteiger partial charge in [-0.2, -0.15) is 0 Å². The van der Waals surface area contributed by atoms with Gasteiger partial charge in [-0.25, -0.2) is 5.01 Å². The van der Waals surface area contributed by atoms with Crippen molar-refractivity contribution in [3.63, 3.8) is 0 Å². The van der Waals surface area contributed by atoms with Crippen LogP contribution in [-0.2, 0) is 27.2 Å². The van der Waals surface area contributed by atoms with Gasteiger partial charge in [-0.3, -0.25) is 19.4 Å². The van der Waals surface area contributed by atoms with E-state index in [4.69, 9.17) is 5.73 Å². The lowest BCUT2D eigenvalue weighted by molar-refractivity contribution is -0.159. The number of hydrazine groups is 1. The molecular formula is C31H45ClN6O4. The summed E-state index contributed by atoms with van der Waals surface area (Å²) >= 11 is 0. The van der Waals surface area contributed by atoms with Crippen molar-refractivity contribution in [2.75, 3.05) is 34.2 Å². The normalized spacial score (nSPS) is 17.6. The number of carbonyl (C=O) groups excluding carboxylic acids is 3. The number of fused-ring (bicyclic) bond motifs is 1. The molecule has 0 spiro atoms. The van der Waals surface area contributed by atoms with Gasteiger partial charge < -0.3 is 26.4 Å². The summed E-state index contributed by atoms with van der Waals surface area (Å²) in [6, 6.07) is 17.0. The zero-order valence-electron chi connectivity index (χ0n) is 25.1. The summed E-state index contributed by atoms with van der Waals surface area (Å²) in [5.74, 6) is -0.638. The van der Waals surface area contributed by atoms with Crippen molar-refractivity contribution in [2.45, 2.75) is 51.1 Å². The molecule has 1 aliphatic heterocycles. The lowest BCUT2D eigenvalue weighted by atomic mass is 9.74. The summed E-state index contributed by atoms with van der Waals surface area (Å²) < 4.78 is 0. The first-order valence-electron chi connectivity index (χ1n) is 13.8. The van der Waals surface area contributed by atoms with Crippen LogP contribution >= 0.6 is 12.4 Å². The number of benzene rings is 2. The number of halogens is 1. The summed E-state index contributed by atoms with van der Waals surface area (Å²) in [6.45, 7) is 4.03. The minimum absolute atomic E-state index is 0. The Morgan fingerprint density at radius 2 is 1.71 bits per heavy atom. The Hall–Kier alpha value is -3.44. The molecule has 230 valence electrons. The molecule has 0 aliphatic carbocycles. The fraction of sp³-hybridized carbons (Fsp3) is 0.452. The van der Waals surface area contributed by atoms with Crippen molar-refractivity contribution in [2.24, 2.45) is 11.1 Å². The Morgan fingerprint density at radius 3 is 2.36 bits per heavy atom. The number of H-pyrrole nitrogens is 1. The van der Waals surface area contributed by atoms with Crippen LogP contribution in [0, 0.1) is 5.41 Å². The van der Waals surface area contributed by atoms with Crippen molar-refractivity contribution in [1.82, 2.24) is 25.2 Å². The first-order valence-corrected chi connectivity index (χ1v) is 13.8. The van der Waals surface area contributed by atoms with Gasteiger partial charge in [0, 0.05) is 57.8 Å². The molecule has 0 saturated carbocycles. The summed E-state index contributed by atoms with van der Waals surface area (Å²) in [4.78, 5) is 46.2. The molecule has 42 heavy (non-hydrogen) atoms. The van der Waals surface area contributed by atoms with E-state index in [9.17, 15) is 14.4 Å². The molecule has 1 aromatic heterocycles. The number of nitrogens with one attached hydrogen (secondary N) is 2. The average Bonchev–Trinajstić information content (AvgIpc) is 3.34. The maximum absolute atomic E-state index is 14.2. The van der Waals surface area contributed by atoms with Gasteiger partial charge in [-0.05, 0) is 50.3 Å². The Balaban J connectivity index is 0.00000308. The molecule has 1 unspecified atom stereocenters. The molecule has 6 N–H and O–H groups in total. The topological polar surface area (TPSA) is 146 Å². The van der Waals surface area contributed by atoms with Gasteiger partial charge in [0.2, 0.25) is 17.7 Å². The first-order chi connectivity index (χ1) is 18.9. The molecule has 11 heteroatoms. The highest BCUT2D eigenvalue weighted by Gasteiger charge is 2.46. The Morgan fingerprint density at radius 1 is 1.07 bits per heavy atom. The SMILES string of the molecule is CN(C)N(C)C(=O)[C@@]1(Cc2ccccc2)CCCN(C(=O)C(Cc2c[nH]c3ccccc23)NC(=O)C(C)(C)N)C1.Cl.O. The van der Waals surface area contributed by atoms with E-state index in [-0.39, 0.29) is 36.2 Å². The quantitative estimate of drug-likeness (QED) is 0.323. The third kappa shape index (κ3) is 7.69. The zero-order valence-corrected chi connectivity index (χ0v) is 26.0. The second-order valence-corrected chi connectivity index (χ2v) is 11.8. The largest absolute Gasteiger partial charge is 0.412 e. The number of amides is 3. The van der Waals surface area contributed by atoms with Crippen LogP contribution in [0.1, 0.15) is 37.8 Å². The maximum atomic E-state index is 14.2. The first kappa shape index (κ1) is 34.8. The van der Waals surface area contributed by atoms with E-state index in [2.05, 4.69) is 10.3 Å². The van der Waals surface area contributed by atoms with Crippen LogP contribution in [0.2, 0.25) is 0 Å². The van der Waals surface area contributed by atoms with Crippen LogP contribution in [0.3, 0.4) is 0 Å². The summed E-state index contributed by atoms with van der Waals surface area (Å²) in [6.07, 6.45) is 4.05. The van der Waals surface area contributed by atoms with Crippen molar-refractivity contribution >= 4 is 41.0 Å². The number of likely N-dealkylation sites (tertiary alicyclic amines) is 1. The van der Waals surface area contributed by atoms with Crippen LogP contribution in [0.5, 0.6) is 0 Å². The number of hydrogen-bond acceptors (Lipinski definition) is 5. The fourth-order valence-corrected chi connectivity index (χ4v) is 5.51. The Labute approximate surface area is 254 Å². The monoisotopic (exact) mass is 600 g/mol. The van der Waals surface area contributed by atoms with E-state index < -0.39 is 22.9 Å². The number of piperidine rings is 1. The van der Waals surface area contributed by atoms with Gasteiger partial charge in [0.05, 0.1) is 11.0 Å². The lowest BCUT2D eigenvalue weighted by Gasteiger charge is -2.45. The predicted molar refractivity (Wildman–Crippen MR) is 168 cm³/mol. The standard InChI is InChI=1S/C31H42N6O3.ClH.H2O/c1-30(2,32)28(39)34-26(18-23-20-33-25-15-10-9-14-24(23)25)27(38)37-17-11-16-31(21-37,29(40)36(5)35(3)4)19-22-12-7-6-8-13-22;;/h6-10,12-15,20,26,33H,11,16-19,21,32H2,1-5H3,(H,34,39);1H;1H2/t26?,31-;;/m1../s1. The number of carbonyl (C=O) groups is 3. The number of hydrogen-bond donors (Lipinski definition) is 3. The molecule has 0 radical (unpaired) electrons. The molecule has 1 saturated heterocycles. The van der Waals surface area contributed by atoms with E-state index in [1.54, 1.807) is 35.8 Å². The summed E-state index contributed by atoms with van der Waals surface area (Å²) in [7, 11) is 5.43. The van der Waals surface area contributed by atoms with Crippen molar-refractivity contribution in [3.05, 3.63) is 71.9 Å². The molecular weight excluding hydrogens is 556 g/mol. The van der Waals surface area contributed by atoms with Crippen molar-refractivity contribution in [1.29, 1.82) is 0 Å². The van der Waals surface area contributed by atoms with Gasteiger partial charge >= 0.3 is 0 Å². The van der Waals surface area contributed by atoms with E-state index in [1.807, 2.05) is 74.9 Å².